The van der Waals surface area contributed by atoms with Crippen molar-refractivity contribution in [1.29, 1.82) is 0 Å². The highest BCUT2D eigenvalue weighted by Gasteiger charge is 2.36. The average molecular weight is 275 g/mol. The van der Waals surface area contributed by atoms with Crippen LogP contribution in [0.1, 0.15) is 30.6 Å². The number of benzene rings is 1. The van der Waals surface area contributed by atoms with Gasteiger partial charge in [-0.25, -0.2) is 0 Å². The fourth-order valence-electron chi connectivity index (χ4n) is 2.15. The summed E-state index contributed by atoms with van der Waals surface area (Å²) in [5, 5.41) is 0. The van der Waals surface area contributed by atoms with E-state index in [4.69, 9.17) is 4.74 Å². The number of ketones is 1. The minimum Gasteiger partial charge on any atom is -0.494 e. The number of nitrogens with zero attached hydrogens (tertiary/aromatic N) is 1. The van der Waals surface area contributed by atoms with Gasteiger partial charge in [0.05, 0.1) is 13.2 Å². The molecule has 1 aromatic carbocycles. The minimum absolute atomic E-state index is 0.185. The quantitative estimate of drug-likeness (QED) is 0.605. The SMILES string of the molecule is CCOc1ccc(C(=O)CN2C(=O)CC(C)C2=O)cc1. The van der Waals surface area contributed by atoms with E-state index in [1.165, 1.54) is 0 Å². The second-order valence-corrected chi connectivity index (χ2v) is 4.80. The van der Waals surface area contributed by atoms with Crippen LogP contribution in [0.3, 0.4) is 0 Å². The molecule has 0 spiro atoms. The standard InChI is InChI=1S/C15H17NO4/c1-3-20-12-6-4-11(5-7-12)13(17)9-16-14(18)8-10(2)15(16)19/h4-7,10H,3,8-9H2,1-2H3. The third-order valence-corrected chi connectivity index (χ3v) is 3.26. The Kier molecular flexibility index (Phi) is 4.17. The number of ether oxygens (including phenoxy) is 1. The van der Waals surface area contributed by atoms with Gasteiger partial charge >= 0.3 is 0 Å². The molecule has 0 bridgehead atoms. The first-order valence-electron chi connectivity index (χ1n) is 6.63. The van der Waals surface area contributed by atoms with Crippen molar-refractivity contribution in [2.75, 3.05) is 13.2 Å². The molecule has 1 aliphatic rings. The first kappa shape index (κ1) is 14.2. The van der Waals surface area contributed by atoms with Crippen molar-refractivity contribution >= 4 is 17.6 Å². The van der Waals surface area contributed by atoms with Gasteiger partial charge in [0.15, 0.2) is 5.78 Å². The number of carbonyl (C=O) groups excluding carboxylic acids is 3. The Morgan fingerprint density at radius 3 is 2.45 bits per heavy atom. The monoisotopic (exact) mass is 275 g/mol. The third kappa shape index (κ3) is 2.87. The first-order chi connectivity index (χ1) is 9.52. The fraction of sp³-hybridized carbons (Fsp3) is 0.400. The maximum absolute atomic E-state index is 12.1. The molecule has 1 fully saturated rings. The molecular weight excluding hydrogens is 258 g/mol. The Morgan fingerprint density at radius 1 is 1.30 bits per heavy atom. The van der Waals surface area contributed by atoms with E-state index >= 15 is 0 Å². The lowest BCUT2D eigenvalue weighted by atomic mass is 10.1. The van der Waals surface area contributed by atoms with E-state index in [1.54, 1.807) is 31.2 Å². The van der Waals surface area contributed by atoms with Crippen molar-refractivity contribution in [2.24, 2.45) is 5.92 Å². The summed E-state index contributed by atoms with van der Waals surface area (Å²) < 4.78 is 5.29. The van der Waals surface area contributed by atoms with Crippen molar-refractivity contribution in [3.05, 3.63) is 29.8 Å². The molecule has 0 aromatic heterocycles. The number of amides is 2. The number of hydrogen-bond donors (Lipinski definition) is 0. The molecule has 1 atom stereocenters. The van der Waals surface area contributed by atoms with Crippen LogP contribution in [0.2, 0.25) is 0 Å². The van der Waals surface area contributed by atoms with Crippen molar-refractivity contribution < 1.29 is 19.1 Å². The van der Waals surface area contributed by atoms with Crippen molar-refractivity contribution in [3.8, 4) is 5.75 Å². The van der Waals surface area contributed by atoms with Gasteiger partial charge in [-0.2, -0.15) is 0 Å². The lowest BCUT2D eigenvalue weighted by Gasteiger charge is -2.13. The summed E-state index contributed by atoms with van der Waals surface area (Å²) in [5.74, 6) is -0.429. The van der Waals surface area contributed by atoms with Gasteiger partial charge in [-0.3, -0.25) is 19.3 Å². The van der Waals surface area contributed by atoms with Gasteiger partial charge in [-0.05, 0) is 31.2 Å². The van der Waals surface area contributed by atoms with Crippen LogP contribution >= 0.6 is 0 Å². The predicted molar refractivity (Wildman–Crippen MR) is 72.4 cm³/mol. The molecular formula is C15H17NO4. The average Bonchev–Trinajstić information content (AvgIpc) is 2.66. The Labute approximate surface area is 117 Å². The van der Waals surface area contributed by atoms with Crippen molar-refractivity contribution in [3.63, 3.8) is 0 Å². The molecule has 1 aliphatic heterocycles. The summed E-state index contributed by atoms with van der Waals surface area (Å²) in [4.78, 5) is 36.5. The highest BCUT2D eigenvalue weighted by atomic mass is 16.5. The summed E-state index contributed by atoms with van der Waals surface area (Å²) in [6, 6.07) is 6.68. The summed E-state index contributed by atoms with van der Waals surface area (Å²) in [7, 11) is 0. The Bertz CT molecular complexity index is 535. The second-order valence-electron chi connectivity index (χ2n) is 4.80. The highest BCUT2D eigenvalue weighted by molar-refractivity contribution is 6.08. The topological polar surface area (TPSA) is 63.7 Å². The number of rotatable bonds is 5. The molecule has 1 unspecified atom stereocenters. The number of likely N-dealkylation sites (tertiary alicyclic amines) is 1. The summed E-state index contributed by atoms with van der Waals surface area (Å²) in [6.45, 7) is 3.95. The normalized spacial score (nSPS) is 18.5. The number of carbonyl (C=O) groups is 3. The Morgan fingerprint density at radius 2 is 1.95 bits per heavy atom. The maximum atomic E-state index is 12.1. The van der Waals surface area contributed by atoms with Crippen LogP contribution in [0.15, 0.2) is 24.3 Å². The van der Waals surface area contributed by atoms with Crippen LogP contribution in [0.5, 0.6) is 5.75 Å². The largest absolute Gasteiger partial charge is 0.494 e. The number of imide groups is 1. The zero-order valence-electron chi connectivity index (χ0n) is 11.6. The fourth-order valence-corrected chi connectivity index (χ4v) is 2.15. The zero-order chi connectivity index (χ0) is 14.7. The molecule has 106 valence electrons. The number of Topliss-reactive ketones (excluding diaryl/α,β-unsaturated/α-hetero) is 1. The molecule has 5 heteroatoms. The van der Waals surface area contributed by atoms with E-state index in [1.807, 2.05) is 6.92 Å². The van der Waals surface area contributed by atoms with E-state index in [0.717, 1.165) is 4.90 Å². The van der Waals surface area contributed by atoms with E-state index in [-0.39, 0.29) is 36.5 Å². The smallest absolute Gasteiger partial charge is 0.232 e. The highest BCUT2D eigenvalue weighted by Crippen LogP contribution is 2.19. The van der Waals surface area contributed by atoms with Crippen LogP contribution in [0.4, 0.5) is 0 Å². The molecule has 0 N–H and O–H groups in total. The summed E-state index contributed by atoms with van der Waals surface area (Å²) in [6.07, 6.45) is 0.190. The van der Waals surface area contributed by atoms with Crippen LogP contribution in [0, 0.1) is 5.92 Å². The lowest BCUT2D eigenvalue weighted by Crippen LogP contribution is -2.35. The van der Waals surface area contributed by atoms with Gasteiger partial charge in [-0.1, -0.05) is 6.92 Å². The molecule has 1 saturated heterocycles. The third-order valence-electron chi connectivity index (χ3n) is 3.26. The first-order valence-corrected chi connectivity index (χ1v) is 6.63. The van der Waals surface area contributed by atoms with E-state index < -0.39 is 0 Å². The van der Waals surface area contributed by atoms with Gasteiger partial charge in [0.25, 0.3) is 0 Å². The van der Waals surface area contributed by atoms with Crippen LogP contribution in [-0.2, 0) is 9.59 Å². The van der Waals surface area contributed by atoms with Gasteiger partial charge in [0.2, 0.25) is 11.8 Å². The van der Waals surface area contributed by atoms with E-state index in [9.17, 15) is 14.4 Å². The van der Waals surface area contributed by atoms with Crippen molar-refractivity contribution in [2.45, 2.75) is 20.3 Å². The molecule has 1 aromatic rings. The minimum atomic E-state index is -0.323. The summed E-state index contributed by atoms with van der Waals surface area (Å²) >= 11 is 0. The Balaban J connectivity index is 2.05. The van der Waals surface area contributed by atoms with Gasteiger partial charge in [0.1, 0.15) is 5.75 Å². The van der Waals surface area contributed by atoms with E-state index in [2.05, 4.69) is 0 Å². The van der Waals surface area contributed by atoms with Crippen LogP contribution < -0.4 is 4.74 Å². The molecule has 2 rings (SSSR count). The van der Waals surface area contributed by atoms with Crippen LogP contribution in [-0.4, -0.2) is 35.6 Å². The number of hydrogen-bond acceptors (Lipinski definition) is 4. The molecule has 20 heavy (non-hydrogen) atoms. The van der Waals surface area contributed by atoms with Gasteiger partial charge < -0.3 is 4.74 Å². The van der Waals surface area contributed by atoms with Gasteiger partial charge in [0, 0.05) is 17.9 Å². The maximum Gasteiger partial charge on any atom is 0.232 e. The molecule has 0 aliphatic carbocycles. The van der Waals surface area contributed by atoms with Crippen molar-refractivity contribution in [1.82, 2.24) is 4.90 Å². The molecule has 1 heterocycles. The molecule has 0 radical (unpaired) electrons. The Hall–Kier alpha value is -2.17. The summed E-state index contributed by atoms with van der Waals surface area (Å²) in [5.41, 5.74) is 0.466. The zero-order valence-corrected chi connectivity index (χ0v) is 11.6. The predicted octanol–water partition coefficient (Wildman–Crippen LogP) is 1.66. The second kappa shape index (κ2) is 5.86. The molecule has 0 saturated carbocycles. The van der Waals surface area contributed by atoms with Crippen LogP contribution in [0.25, 0.3) is 0 Å². The lowest BCUT2D eigenvalue weighted by molar-refractivity contribution is -0.138. The molecule has 5 nitrogen and oxygen atoms in total. The van der Waals surface area contributed by atoms with Gasteiger partial charge in [-0.15, -0.1) is 0 Å². The molecule has 2 amide bonds. The van der Waals surface area contributed by atoms with E-state index in [0.29, 0.717) is 17.9 Å².